The highest BCUT2D eigenvalue weighted by atomic mass is 16.5. The summed E-state index contributed by atoms with van der Waals surface area (Å²) in [6.45, 7) is 0. The van der Waals surface area contributed by atoms with Crippen molar-refractivity contribution in [2.75, 3.05) is 7.11 Å². The molecule has 1 saturated heterocycles. The Morgan fingerprint density at radius 3 is 2.97 bits per heavy atom. The number of ether oxygens (including phenoxy) is 1. The Morgan fingerprint density at radius 2 is 2.23 bits per heavy atom. The summed E-state index contributed by atoms with van der Waals surface area (Å²) in [5.74, 6) is 0. The Balaban J connectivity index is 1.56. The van der Waals surface area contributed by atoms with E-state index in [0.717, 1.165) is 47.2 Å². The monoisotopic (exact) mass is 404 g/mol. The van der Waals surface area contributed by atoms with Gasteiger partial charge in [0.15, 0.2) is 0 Å². The standard InChI is InChI=1S/C21H24N8O/c1-30-13-11-21(12-13,5-6-22)29-8-4-15(28-29)20-14-3-2-7-24-16(14)9-17(25-20)18-10-19(23)27-26-18/h2-4,7-9,13,18-19,26-27H,5,10-12,23H2,1H3. The van der Waals surface area contributed by atoms with Gasteiger partial charge in [0, 0.05) is 24.9 Å². The molecule has 0 aromatic carbocycles. The van der Waals surface area contributed by atoms with Crippen LogP contribution in [0.3, 0.4) is 0 Å². The third kappa shape index (κ3) is 3.14. The first-order valence-corrected chi connectivity index (χ1v) is 10.1. The summed E-state index contributed by atoms with van der Waals surface area (Å²) in [5.41, 5.74) is 15.2. The fourth-order valence-electron chi connectivity index (χ4n) is 4.47. The van der Waals surface area contributed by atoms with Crippen molar-refractivity contribution in [2.24, 2.45) is 5.73 Å². The van der Waals surface area contributed by atoms with Gasteiger partial charge in [0.1, 0.15) is 11.4 Å². The van der Waals surface area contributed by atoms with Gasteiger partial charge in [-0.25, -0.2) is 15.8 Å². The Labute approximate surface area is 174 Å². The van der Waals surface area contributed by atoms with Crippen molar-refractivity contribution in [3.8, 4) is 17.5 Å². The predicted octanol–water partition coefficient (Wildman–Crippen LogP) is 1.73. The van der Waals surface area contributed by atoms with Gasteiger partial charge in [-0.2, -0.15) is 10.4 Å². The maximum Gasteiger partial charge on any atom is 0.111 e. The summed E-state index contributed by atoms with van der Waals surface area (Å²) < 4.78 is 7.37. The molecule has 154 valence electrons. The average Bonchev–Trinajstić information content (AvgIpc) is 3.39. The van der Waals surface area contributed by atoms with Crippen LogP contribution >= 0.6 is 0 Å². The van der Waals surface area contributed by atoms with Gasteiger partial charge in [-0.3, -0.25) is 9.67 Å². The molecule has 4 N–H and O–H groups in total. The van der Waals surface area contributed by atoms with Crippen LogP contribution in [0, 0.1) is 11.3 Å². The van der Waals surface area contributed by atoms with E-state index in [-0.39, 0.29) is 23.9 Å². The molecule has 1 aliphatic heterocycles. The van der Waals surface area contributed by atoms with E-state index in [1.165, 1.54) is 0 Å². The highest BCUT2D eigenvalue weighted by molar-refractivity contribution is 5.91. The third-order valence-electron chi connectivity index (χ3n) is 6.18. The summed E-state index contributed by atoms with van der Waals surface area (Å²) in [7, 11) is 1.71. The molecule has 3 aromatic rings. The van der Waals surface area contributed by atoms with E-state index in [4.69, 9.17) is 20.6 Å². The number of nitrogens with zero attached hydrogens (tertiary/aromatic N) is 5. The quantitative estimate of drug-likeness (QED) is 0.587. The van der Waals surface area contributed by atoms with Gasteiger partial charge in [0.05, 0.1) is 47.6 Å². The molecule has 0 amide bonds. The first kappa shape index (κ1) is 19.1. The second-order valence-electron chi connectivity index (χ2n) is 8.12. The van der Waals surface area contributed by atoms with Crippen molar-refractivity contribution in [2.45, 2.75) is 49.5 Å². The number of nitrogens with two attached hydrogens (primary N) is 1. The van der Waals surface area contributed by atoms with Crippen molar-refractivity contribution in [3.63, 3.8) is 0 Å². The second kappa shape index (κ2) is 7.41. The molecule has 2 atom stereocenters. The number of pyridine rings is 2. The van der Waals surface area contributed by atoms with Crippen molar-refractivity contribution in [1.82, 2.24) is 30.6 Å². The van der Waals surface area contributed by atoms with Gasteiger partial charge in [-0.1, -0.05) is 0 Å². The van der Waals surface area contributed by atoms with E-state index < -0.39 is 0 Å². The molecule has 0 bridgehead atoms. The lowest BCUT2D eigenvalue weighted by Gasteiger charge is -2.45. The number of hydrogen-bond donors (Lipinski definition) is 3. The fourth-order valence-corrected chi connectivity index (χ4v) is 4.47. The minimum atomic E-state index is -0.316. The minimum absolute atomic E-state index is 0.00580. The van der Waals surface area contributed by atoms with Crippen LogP contribution in [0.25, 0.3) is 22.3 Å². The van der Waals surface area contributed by atoms with Crippen LogP contribution in [-0.2, 0) is 10.3 Å². The molecule has 2 unspecified atom stereocenters. The maximum absolute atomic E-state index is 9.36. The van der Waals surface area contributed by atoms with E-state index in [1.54, 1.807) is 13.3 Å². The summed E-state index contributed by atoms with van der Waals surface area (Å²) >= 11 is 0. The molecule has 0 spiro atoms. The SMILES string of the molecule is COC1CC(CC#N)(n2ccc(-c3nc(C4CC(N)NN4)cc4ncccc34)n2)C1. The zero-order chi connectivity index (χ0) is 20.7. The molecule has 9 nitrogen and oxygen atoms in total. The van der Waals surface area contributed by atoms with Crippen LogP contribution in [0.15, 0.2) is 36.7 Å². The van der Waals surface area contributed by atoms with Crippen LogP contribution in [0.2, 0.25) is 0 Å². The molecule has 0 radical (unpaired) electrons. The number of methoxy groups -OCH3 is 1. The van der Waals surface area contributed by atoms with Crippen molar-refractivity contribution in [3.05, 3.63) is 42.4 Å². The number of hydrazine groups is 1. The van der Waals surface area contributed by atoms with E-state index >= 15 is 0 Å². The average molecular weight is 404 g/mol. The minimum Gasteiger partial charge on any atom is -0.381 e. The van der Waals surface area contributed by atoms with Gasteiger partial charge in [-0.15, -0.1) is 0 Å². The Hall–Kier alpha value is -2.90. The number of nitriles is 1. The number of rotatable bonds is 5. The maximum atomic E-state index is 9.36. The zero-order valence-electron chi connectivity index (χ0n) is 16.7. The van der Waals surface area contributed by atoms with Gasteiger partial charge < -0.3 is 10.5 Å². The highest BCUT2D eigenvalue weighted by Crippen LogP contribution is 2.43. The lowest BCUT2D eigenvalue weighted by molar-refractivity contribution is -0.0541. The second-order valence-corrected chi connectivity index (χ2v) is 8.12. The lowest BCUT2D eigenvalue weighted by Crippen LogP contribution is -2.50. The third-order valence-corrected chi connectivity index (χ3v) is 6.18. The molecule has 1 aliphatic carbocycles. The number of nitrogens with one attached hydrogen (secondary N) is 2. The molecule has 5 rings (SSSR count). The predicted molar refractivity (Wildman–Crippen MR) is 111 cm³/mol. The van der Waals surface area contributed by atoms with Crippen molar-refractivity contribution < 1.29 is 4.74 Å². The Morgan fingerprint density at radius 1 is 1.37 bits per heavy atom. The van der Waals surface area contributed by atoms with Crippen LogP contribution in [0.5, 0.6) is 0 Å². The molecule has 9 heteroatoms. The number of fused-ring (bicyclic) bond motifs is 1. The molecule has 2 fully saturated rings. The van der Waals surface area contributed by atoms with Gasteiger partial charge in [-0.05, 0) is 43.5 Å². The van der Waals surface area contributed by atoms with Crippen molar-refractivity contribution >= 4 is 10.9 Å². The summed E-state index contributed by atoms with van der Waals surface area (Å²) in [6, 6.07) is 10.2. The van der Waals surface area contributed by atoms with E-state index in [2.05, 4.69) is 21.9 Å². The summed E-state index contributed by atoms with van der Waals surface area (Å²) in [4.78, 5) is 9.48. The summed E-state index contributed by atoms with van der Waals surface area (Å²) in [6.07, 6.45) is 6.48. The van der Waals surface area contributed by atoms with E-state index in [9.17, 15) is 5.26 Å². The zero-order valence-corrected chi connectivity index (χ0v) is 16.7. The molecule has 4 heterocycles. The Kier molecular flexibility index (Phi) is 4.72. The lowest BCUT2D eigenvalue weighted by atomic mass is 9.72. The van der Waals surface area contributed by atoms with Crippen LogP contribution in [0.1, 0.15) is 37.4 Å². The van der Waals surface area contributed by atoms with E-state index in [0.29, 0.717) is 6.42 Å². The molecular weight excluding hydrogens is 380 g/mol. The largest absolute Gasteiger partial charge is 0.381 e. The molecule has 1 saturated carbocycles. The van der Waals surface area contributed by atoms with Crippen LogP contribution in [-0.4, -0.2) is 39.1 Å². The van der Waals surface area contributed by atoms with Gasteiger partial charge in [0.2, 0.25) is 0 Å². The van der Waals surface area contributed by atoms with Gasteiger partial charge in [0.25, 0.3) is 0 Å². The number of hydrogen-bond acceptors (Lipinski definition) is 8. The van der Waals surface area contributed by atoms with Crippen molar-refractivity contribution in [1.29, 1.82) is 5.26 Å². The van der Waals surface area contributed by atoms with Crippen LogP contribution < -0.4 is 16.6 Å². The van der Waals surface area contributed by atoms with E-state index in [1.807, 2.05) is 35.1 Å². The molecule has 2 aliphatic rings. The summed E-state index contributed by atoms with van der Waals surface area (Å²) in [5, 5.41) is 15.2. The normalized spacial score (nSPS) is 28.4. The van der Waals surface area contributed by atoms with Crippen LogP contribution in [0.4, 0.5) is 0 Å². The Bertz CT molecular complexity index is 1110. The molecular formula is C21H24N8O. The smallest absolute Gasteiger partial charge is 0.111 e. The topological polar surface area (TPSA) is 127 Å². The number of aromatic nitrogens is 4. The fraction of sp³-hybridized carbons (Fsp3) is 0.429. The first-order chi connectivity index (χ1) is 14.6. The highest BCUT2D eigenvalue weighted by Gasteiger charge is 2.47. The molecule has 30 heavy (non-hydrogen) atoms. The first-order valence-electron chi connectivity index (χ1n) is 10.1. The van der Waals surface area contributed by atoms with Gasteiger partial charge >= 0.3 is 0 Å². The molecule has 3 aromatic heterocycles.